The second-order valence-corrected chi connectivity index (χ2v) is 7.39. The zero-order valence-electron chi connectivity index (χ0n) is 11.3. The Labute approximate surface area is 126 Å². The topological polar surface area (TPSA) is 92.7 Å². The number of nitrogens with one attached hydrogen (secondary N) is 1. The molecule has 2 rings (SSSR count). The number of sulfonamides is 1. The van der Waals surface area contributed by atoms with Crippen molar-refractivity contribution in [3.63, 3.8) is 0 Å². The third kappa shape index (κ3) is 3.34. The molecule has 0 aliphatic heterocycles. The van der Waals surface area contributed by atoms with Gasteiger partial charge < -0.3 is 9.84 Å². The quantitative estimate of drug-likeness (QED) is 0.880. The standard InChI is InChI=1S/C13H13NO5S2/c1-8-3-6-12(20-8)21(17,18)14-10-7-9(13(15)16)4-5-11(10)19-2/h3-7,14H,1-2H3,(H,15,16). The van der Waals surface area contributed by atoms with Gasteiger partial charge in [-0.3, -0.25) is 4.72 Å². The molecule has 0 fully saturated rings. The highest BCUT2D eigenvalue weighted by atomic mass is 32.2. The van der Waals surface area contributed by atoms with Gasteiger partial charge in [0.1, 0.15) is 9.96 Å². The Morgan fingerprint density at radius 2 is 2.00 bits per heavy atom. The Kier molecular flexibility index (Phi) is 4.19. The zero-order chi connectivity index (χ0) is 15.6. The van der Waals surface area contributed by atoms with E-state index in [1.54, 1.807) is 13.0 Å². The predicted octanol–water partition coefficient (Wildman–Crippen LogP) is 2.56. The number of hydrogen-bond donors (Lipinski definition) is 2. The van der Waals surface area contributed by atoms with Crippen LogP contribution in [0.3, 0.4) is 0 Å². The van der Waals surface area contributed by atoms with E-state index >= 15 is 0 Å². The molecular formula is C13H13NO5S2. The first-order chi connectivity index (χ1) is 9.83. The lowest BCUT2D eigenvalue weighted by atomic mass is 10.2. The number of methoxy groups -OCH3 is 1. The van der Waals surface area contributed by atoms with Crippen molar-refractivity contribution in [2.24, 2.45) is 0 Å². The van der Waals surface area contributed by atoms with Crippen molar-refractivity contribution < 1.29 is 23.1 Å². The van der Waals surface area contributed by atoms with Crippen LogP contribution in [-0.2, 0) is 10.0 Å². The van der Waals surface area contributed by atoms with Crippen LogP contribution >= 0.6 is 11.3 Å². The van der Waals surface area contributed by atoms with E-state index in [2.05, 4.69) is 4.72 Å². The maximum absolute atomic E-state index is 12.3. The SMILES string of the molecule is COc1ccc(C(=O)O)cc1NS(=O)(=O)c1ccc(C)s1. The monoisotopic (exact) mass is 327 g/mol. The average molecular weight is 327 g/mol. The molecule has 0 saturated heterocycles. The van der Waals surface area contributed by atoms with Gasteiger partial charge in [0.2, 0.25) is 0 Å². The molecule has 0 amide bonds. The second kappa shape index (κ2) is 5.74. The van der Waals surface area contributed by atoms with E-state index in [0.29, 0.717) is 0 Å². The third-order valence-corrected chi connectivity index (χ3v) is 5.53. The summed E-state index contributed by atoms with van der Waals surface area (Å²) in [4.78, 5) is 11.8. The first-order valence-corrected chi connectivity index (χ1v) is 8.14. The van der Waals surface area contributed by atoms with E-state index in [1.165, 1.54) is 31.4 Å². The Hall–Kier alpha value is -2.06. The largest absolute Gasteiger partial charge is 0.495 e. The number of carboxylic acids is 1. The molecule has 0 unspecified atom stereocenters. The summed E-state index contributed by atoms with van der Waals surface area (Å²) in [6.07, 6.45) is 0. The van der Waals surface area contributed by atoms with Gasteiger partial charge in [0, 0.05) is 4.88 Å². The fraction of sp³-hybridized carbons (Fsp3) is 0.154. The molecular weight excluding hydrogens is 314 g/mol. The van der Waals surface area contributed by atoms with E-state index in [-0.39, 0.29) is 21.2 Å². The van der Waals surface area contributed by atoms with E-state index < -0.39 is 16.0 Å². The summed E-state index contributed by atoms with van der Waals surface area (Å²) < 4.78 is 32.1. The number of hydrogen-bond acceptors (Lipinski definition) is 5. The lowest BCUT2D eigenvalue weighted by Gasteiger charge is -2.11. The van der Waals surface area contributed by atoms with Crippen molar-refractivity contribution in [3.8, 4) is 5.75 Å². The molecule has 2 N–H and O–H groups in total. The maximum atomic E-state index is 12.3. The molecule has 1 aromatic carbocycles. The maximum Gasteiger partial charge on any atom is 0.335 e. The molecule has 0 bridgehead atoms. The minimum Gasteiger partial charge on any atom is -0.495 e. The molecule has 0 aliphatic rings. The lowest BCUT2D eigenvalue weighted by molar-refractivity contribution is 0.0697. The molecule has 0 aliphatic carbocycles. The molecule has 21 heavy (non-hydrogen) atoms. The van der Waals surface area contributed by atoms with Crippen LogP contribution in [0.2, 0.25) is 0 Å². The summed E-state index contributed by atoms with van der Waals surface area (Å²) >= 11 is 1.13. The van der Waals surface area contributed by atoms with Crippen LogP contribution in [-0.4, -0.2) is 26.6 Å². The van der Waals surface area contributed by atoms with Gasteiger partial charge >= 0.3 is 5.97 Å². The molecule has 112 valence electrons. The van der Waals surface area contributed by atoms with Crippen LogP contribution in [0.4, 0.5) is 5.69 Å². The smallest absolute Gasteiger partial charge is 0.335 e. The normalized spacial score (nSPS) is 11.1. The Bertz CT molecular complexity index is 780. The van der Waals surface area contributed by atoms with Crippen LogP contribution in [0.15, 0.2) is 34.5 Å². The molecule has 1 aromatic heterocycles. The second-order valence-electron chi connectivity index (χ2n) is 4.19. The van der Waals surface area contributed by atoms with Crippen molar-refractivity contribution in [1.29, 1.82) is 0 Å². The van der Waals surface area contributed by atoms with Gasteiger partial charge in [-0.2, -0.15) is 0 Å². The fourth-order valence-corrected chi connectivity index (χ4v) is 4.02. The molecule has 0 spiro atoms. The predicted molar refractivity (Wildman–Crippen MR) is 79.8 cm³/mol. The van der Waals surface area contributed by atoms with Crippen molar-refractivity contribution in [1.82, 2.24) is 0 Å². The highest BCUT2D eigenvalue weighted by molar-refractivity contribution is 7.94. The molecule has 0 radical (unpaired) electrons. The van der Waals surface area contributed by atoms with Gasteiger partial charge in [-0.25, -0.2) is 13.2 Å². The highest BCUT2D eigenvalue weighted by Gasteiger charge is 2.19. The van der Waals surface area contributed by atoms with Crippen molar-refractivity contribution in [2.45, 2.75) is 11.1 Å². The number of ether oxygens (including phenoxy) is 1. The molecule has 6 nitrogen and oxygen atoms in total. The van der Waals surface area contributed by atoms with Gasteiger partial charge in [-0.15, -0.1) is 11.3 Å². The first-order valence-electron chi connectivity index (χ1n) is 5.84. The number of anilines is 1. The van der Waals surface area contributed by atoms with Gasteiger partial charge in [0.15, 0.2) is 0 Å². The summed E-state index contributed by atoms with van der Waals surface area (Å²) in [5.41, 5.74) is 0.0549. The van der Waals surface area contributed by atoms with E-state index in [0.717, 1.165) is 16.2 Å². The zero-order valence-corrected chi connectivity index (χ0v) is 12.9. The van der Waals surface area contributed by atoms with E-state index in [1.807, 2.05) is 0 Å². The number of thiophene rings is 1. The van der Waals surface area contributed by atoms with E-state index in [9.17, 15) is 13.2 Å². The van der Waals surface area contributed by atoms with Crippen LogP contribution in [0.25, 0.3) is 0 Å². The van der Waals surface area contributed by atoms with Gasteiger partial charge in [-0.05, 0) is 37.3 Å². The van der Waals surface area contributed by atoms with Crippen molar-refractivity contribution in [2.75, 3.05) is 11.8 Å². The van der Waals surface area contributed by atoms with Crippen LogP contribution in [0.5, 0.6) is 5.75 Å². The van der Waals surface area contributed by atoms with Gasteiger partial charge in [0.05, 0.1) is 18.4 Å². The first kappa shape index (κ1) is 15.3. The summed E-state index contributed by atoms with van der Waals surface area (Å²) in [6.45, 7) is 1.80. The molecule has 1 heterocycles. The summed E-state index contributed by atoms with van der Waals surface area (Å²) in [6, 6.07) is 7.16. The number of rotatable bonds is 5. The summed E-state index contributed by atoms with van der Waals surface area (Å²) in [7, 11) is -2.39. The Balaban J connectivity index is 2.42. The lowest BCUT2D eigenvalue weighted by Crippen LogP contribution is -2.13. The Morgan fingerprint density at radius 3 is 2.52 bits per heavy atom. The summed E-state index contributed by atoms with van der Waals surface area (Å²) in [5.74, 6) is -0.901. The minimum absolute atomic E-state index is 0.0316. The van der Waals surface area contributed by atoms with Crippen LogP contribution < -0.4 is 9.46 Å². The van der Waals surface area contributed by atoms with Crippen molar-refractivity contribution in [3.05, 3.63) is 40.8 Å². The minimum atomic E-state index is -3.77. The number of benzene rings is 1. The Morgan fingerprint density at radius 1 is 1.29 bits per heavy atom. The molecule has 8 heteroatoms. The van der Waals surface area contributed by atoms with Gasteiger partial charge in [0.25, 0.3) is 10.0 Å². The van der Waals surface area contributed by atoms with Crippen molar-refractivity contribution >= 4 is 33.0 Å². The average Bonchev–Trinajstić information content (AvgIpc) is 2.85. The third-order valence-electron chi connectivity index (χ3n) is 2.67. The summed E-state index contributed by atoms with van der Waals surface area (Å²) in [5, 5.41) is 8.98. The highest BCUT2D eigenvalue weighted by Crippen LogP contribution is 2.29. The van der Waals surface area contributed by atoms with E-state index in [4.69, 9.17) is 9.84 Å². The number of carboxylic acid groups (broad SMARTS) is 1. The van der Waals surface area contributed by atoms with Crippen LogP contribution in [0, 0.1) is 6.92 Å². The molecule has 0 atom stereocenters. The van der Waals surface area contributed by atoms with Gasteiger partial charge in [-0.1, -0.05) is 0 Å². The number of aromatic carboxylic acids is 1. The molecule has 0 saturated carbocycles. The number of aryl methyl sites for hydroxylation is 1. The molecule has 2 aromatic rings. The fourth-order valence-electron chi connectivity index (χ4n) is 1.67. The van der Waals surface area contributed by atoms with Crippen LogP contribution in [0.1, 0.15) is 15.2 Å². The number of carbonyl (C=O) groups is 1.